The zero-order valence-corrected chi connectivity index (χ0v) is 8.83. The van der Waals surface area contributed by atoms with Crippen molar-refractivity contribution in [1.29, 1.82) is 0 Å². The van der Waals surface area contributed by atoms with Crippen LogP contribution in [0.1, 0.15) is 0 Å². The Hall–Kier alpha value is 0.686. The molecule has 0 atom stereocenters. The fraction of sp³-hybridized carbons (Fsp3) is 0. The molecule has 1 aromatic carbocycles. The molecule has 0 unspecified atom stereocenters. The molecule has 0 aliphatic rings. The van der Waals surface area contributed by atoms with Gasteiger partial charge < -0.3 is 17.0 Å². The minimum Gasteiger partial charge on any atom is -1.00 e. The van der Waals surface area contributed by atoms with Crippen molar-refractivity contribution in [3.63, 3.8) is 0 Å². The second kappa shape index (κ2) is 6.40. The largest absolute Gasteiger partial charge is 2.00 e. The summed E-state index contributed by atoms with van der Waals surface area (Å²) >= 11 is 5.38. The van der Waals surface area contributed by atoms with Crippen LogP contribution in [-0.2, 0) is 0 Å². The molecule has 0 radical (unpaired) electrons. The van der Waals surface area contributed by atoms with Gasteiger partial charge in [0.2, 0.25) is 0 Å². The van der Waals surface area contributed by atoms with Crippen LogP contribution in [0, 0.1) is 11.9 Å². The number of hydrogen-bond donors (Lipinski definition) is 0. The van der Waals surface area contributed by atoms with Crippen LogP contribution in [0.5, 0.6) is 0 Å². The van der Waals surface area contributed by atoms with E-state index in [1.807, 2.05) is 0 Å². The van der Waals surface area contributed by atoms with E-state index in [-0.39, 0.29) is 40.0 Å². The summed E-state index contributed by atoms with van der Waals surface area (Å²) < 4.78 is 12.0. The zero-order chi connectivity index (χ0) is 5.98. The topological polar surface area (TPSA) is 0 Å². The van der Waals surface area contributed by atoms with E-state index in [9.17, 15) is 4.39 Å². The Kier molecular flexibility index (Phi) is 8.50. The molecule has 0 aromatic heterocycles. The molecule has 0 saturated carbocycles. The maximum atomic E-state index is 12.0. The first-order valence-electron chi connectivity index (χ1n) is 2.12. The van der Waals surface area contributed by atoms with Gasteiger partial charge in [-0.3, -0.25) is 0 Å². The Balaban J connectivity index is 0. The van der Waals surface area contributed by atoms with Crippen LogP contribution < -0.4 is 17.0 Å². The van der Waals surface area contributed by atoms with Gasteiger partial charge in [-0.25, -0.2) is 4.39 Å². The molecule has 0 saturated heterocycles. The summed E-state index contributed by atoms with van der Waals surface area (Å²) in [7, 11) is 0. The average molecular weight is 234 g/mol. The first-order chi connectivity index (χ1) is 3.79. The summed E-state index contributed by atoms with van der Waals surface area (Å²) in [6.07, 6.45) is 0. The standard InChI is InChI=1S/C6H3ClF.BrH.Mg/c7-5-2-1-3-6(8)4-5;;/h1-2,4H;1H;/q-1;;+2/p-1. The third-order valence-electron chi connectivity index (χ3n) is 0.728. The minimum atomic E-state index is -0.419. The second-order valence-corrected chi connectivity index (χ2v) is 1.79. The van der Waals surface area contributed by atoms with Crippen LogP contribution in [0.3, 0.4) is 0 Å². The summed E-state index contributed by atoms with van der Waals surface area (Å²) in [5.41, 5.74) is 0. The van der Waals surface area contributed by atoms with Crippen molar-refractivity contribution < 1.29 is 21.4 Å². The molecule has 0 aliphatic heterocycles. The normalized spacial score (nSPS) is 7.40. The predicted molar refractivity (Wildman–Crippen MR) is 36.0 cm³/mol. The quantitative estimate of drug-likeness (QED) is 0.395. The number of benzene rings is 1. The molecule has 0 bridgehead atoms. The molecular weight excluding hydrogens is 231 g/mol. The molecule has 1 rings (SSSR count). The van der Waals surface area contributed by atoms with Crippen molar-refractivity contribution in [3.8, 4) is 0 Å². The number of halogens is 3. The first-order valence-corrected chi connectivity index (χ1v) is 2.49. The Morgan fingerprint density at radius 3 is 2.40 bits per heavy atom. The van der Waals surface area contributed by atoms with Gasteiger partial charge in [0.05, 0.1) is 0 Å². The molecule has 0 aliphatic carbocycles. The summed E-state index contributed by atoms with van der Waals surface area (Å²) in [6.45, 7) is 0. The molecule has 4 heteroatoms. The maximum absolute atomic E-state index is 12.0. The Labute approximate surface area is 90.7 Å². The average Bonchev–Trinajstić information content (AvgIpc) is 1.64. The van der Waals surface area contributed by atoms with E-state index < -0.39 is 5.82 Å². The second-order valence-electron chi connectivity index (χ2n) is 1.35. The molecule has 0 heterocycles. The van der Waals surface area contributed by atoms with Gasteiger partial charge in [0, 0.05) is 5.82 Å². The molecule has 0 spiro atoms. The molecule has 10 heavy (non-hydrogen) atoms. The van der Waals surface area contributed by atoms with Crippen molar-refractivity contribution in [2.24, 2.45) is 0 Å². The van der Waals surface area contributed by atoms with Gasteiger partial charge >= 0.3 is 23.1 Å². The summed E-state index contributed by atoms with van der Waals surface area (Å²) in [6, 6.07) is 6.55. The monoisotopic (exact) mass is 232 g/mol. The van der Waals surface area contributed by atoms with Crippen LogP contribution in [0.4, 0.5) is 4.39 Å². The van der Waals surface area contributed by atoms with Crippen LogP contribution in [0.25, 0.3) is 0 Å². The van der Waals surface area contributed by atoms with Crippen LogP contribution in [0.15, 0.2) is 18.2 Å². The fourth-order valence-corrected chi connectivity index (χ4v) is 0.571. The third-order valence-corrected chi connectivity index (χ3v) is 0.963. The van der Waals surface area contributed by atoms with E-state index in [1.54, 1.807) is 6.07 Å². The van der Waals surface area contributed by atoms with E-state index in [4.69, 9.17) is 11.6 Å². The molecule has 0 N–H and O–H groups in total. The molecule has 0 nitrogen and oxygen atoms in total. The fourth-order valence-electron chi connectivity index (χ4n) is 0.412. The molecule has 0 amide bonds. The molecular formula is C6H3BrClFMg. The molecule has 1 aromatic rings. The van der Waals surface area contributed by atoms with Gasteiger partial charge in [-0.05, 0) is 0 Å². The Bertz CT molecular complexity index is 178. The maximum Gasteiger partial charge on any atom is 2.00 e. The van der Waals surface area contributed by atoms with Crippen LogP contribution in [-0.4, -0.2) is 23.1 Å². The first kappa shape index (κ1) is 13.3. The predicted octanol–water partition coefficient (Wildman–Crippen LogP) is -1.10. The van der Waals surface area contributed by atoms with Crippen molar-refractivity contribution in [2.75, 3.05) is 0 Å². The number of hydrogen-bond acceptors (Lipinski definition) is 0. The molecule has 0 fully saturated rings. The SMILES string of the molecule is Fc1[c-]ccc(Cl)c1.[Br-].[Mg+2]. The summed E-state index contributed by atoms with van der Waals surface area (Å²) in [5, 5.41) is 0.404. The van der Waals surface area contributed by atoms with Gasteiger partial charge in [-0.2, -0.15) is 12.1 Å². The van der Waals surface area contributed by atoms with E-state index in [1.165, 1.54) is 12.1 Å². The van der Waals surface area contributed by atoms with E-state index in [2.05, 4.69) is 6.07 Å². The van der Waals surface area contributed by atoms with Crippen molar-refractivity contribution in [3.05, 3.63) is 35.1 Å². The smallest absolute Gasteiger partial charge is 1.00 e. The summed E-state index contributed by atoms with van der Waals surface area (Å²) in [4.78, 5) is 0. The van der Waals surface area contributed by atoms with Gasteiger partial charge in [0.1, 0.15) is 0 Å². The van der Waals surface area contributed by atoms with E-state index >= 15 is 0 Å². The van der Waals surface area contributed by atoms with Gasteiger partial charge in [0.15, 0.2) is 0 Å². The number of rotatable bonds is 0. The van der Waals surface area contributed by atoms with E-state index in [0.29, 0.717) is 5.02 Å². The van der Waals surface area contributed by atoms with Crippen LogP contribution in [0.2, 0.25) is 5.02 Å². The minimum absolute atomic E-state index is 0. The Morgan fingerprint density at radius 2 is 2.10 bits per heavy atom. The zero-order valence-electron chi connectivity index (χ0n) is 5.07. The molecule has 50 valence electrons. The third kappa shape index (κ3) is 4.49. The van der Waals surface area contributed by atoms with Crippen molar-refractivity contribution in [2.45, 2.75) is 0 Å². The van der Waals surface area contributed by atoms with Crippen molar-refractivity contribution in [1.82, 2.24) is 0 Å². The summed E-state index contributed by atoms with van der Waals surface area (Å²) in [5.74, 6) is -0.419. The van der Waals surface area contributed by atoms with Gasteiger partial charge in [-0.15, -0.1) is 23.7 Å². The Morgan fingerprint density at radius 1 is 1.50 bits per heavy atom. The van der Waals surface area contributed by atoms with Gasteiger partial charge in [-0.1, -0.05) is 5.02 Å². The van der Waals surface area contributed by atoms with Gasteiger partial charge in [0.25, 0.3) is 0 Å². The van der Waals surface area contributed by atoms with Crippen molar-refractivity contribution >= 4 is 34.7 Å². The van der Waals surface area contributed by atoms with E-state index in [0.717, 1.165) is 0 Å². The van der Waals surface area contributed by atoms with Crippen LogP contribution >= 0.6 is 11.6 Å².